The molecular formula is C8H8Cl2N6O2S. The number of aromatic amines is 1. The van der Waals surface area contributed by atoms with E-state index in [1.165, 1.54) is 12.1 Å². The molecule has 1 aromatic heterocycles. The molecule has 0 aliphatic heterocycles. The minimum Gasteiger partial charge on any atom is -0.398 e. The van der Waals surface area contributed by atoms with Crippen LogP contribution in [0.1, 0.15) is 5.82 Å². The van der Waals surface area contributed by atoms with Crippen LogP contribution in [-0.2, 0) is 16.6 Å². The van der Waals surface area contributed by atoms with E-state index in [9.17, 15) is 8.42 Å². The summed E-state index contributed by atoms with van der Waals surface area (Å²) in [6.45, 7) is -0.142. The number of sulfonamides is 1. The zero-order valence-corrected chi connectivity index (χ0v) is 11.6. The van der Waals surface area contributed by atoms with Crippen LogP contribution in [0.15, 0.2) is 17.0 Å². The van der Waals surface area contributed by atoms with Crippen LogP contribution in [-0.4, -0.2) is 29.0 Å². The number of hydrogen-bond donors (Lipinski definition) is 3. The van der Waals surface area contributed by atoms with Crippen LogP contribution in [0.25, 0.3) is 0 Å². The molecule has 0 aliphatic rings. The number of tetrazole rings is 1. The highest BCUT2D eigenvalue weighted by atomic mass is 35.5. The first-order valence-corrected chi connectivity index (χ1v) is 7.10. The summed E-state index contributed by atoms with van der Waals surface area (Å²) in [4.78, 5) is -0.234. The fourth-order valence-corrected chi connectivity index (χ4v) is 3.32. The van der Waals surface area contributed by atoms with Crippen molar-refractivity contribution in [2.75, 3.05) is 5.73 Å². The van der Waals surface area contributed by atoms with Crippen LogP contribution in [0.2, 0.25) is 10.0 Å². The van der Waals surface area contributed by atoms with Crippen LogP contribution >= 0.6 is 23.2 Å². The number of nitrogens with two attached hydrogens (primary N) is 1. The topological polar surface area (TPSA) is 127 Å². The molecule has 0 saturated heterocycles. The Bertz CT molecular complexity index is 664. The van der Waals surface area contributed by atoms with E-state index >= 15 is 0 Å². The Morgan fingerprint density at radius 1 is 1.37 bits per heavy atom. The van der Waals surface area contributed by atoms with E-state index in [2.05, 4.69) is 25.3 Å². The van der Waals surface area contributed by atoms with Crippen LogP contribution in [0.5, 0.6) is 0 Å². The normalized spacial score (nSPS) is 11.7. The standard InChI is InChI=1S/C8H8Cl2N6O2S/c9-4-1-5(10)8(6(11)2-4)19(17,18)12-3-7-13-15-16-14-7/h1-2,12H,3,11H2,(H,13,14,15,16). The minimum atomic E-state index is -3.90. The number of hydrogen-bond acceptors (Lipinski definition) is 6. The van der Waals surface area contributed by atoms with Crippen molar-refractivity contribution in [1.29, 1.82) is 0 Å². The lowest BCUT2D eigenvalue weighted by Gasteiger charge is -2.10. The first kappa shape index (κ1) is 14.0. The number of nitrogens with zero attached hydrogens (tertiary/aromatic N) is 3. The molecule has 0 radical (unpaired) electrons. The van der Waals surface area contributed by atoms with Gasteiger partial charge in [0.2, 0.25) is 10.0 Å². The molecule has 2 aromatic rings. The van der Waals surface area contributed by atoms with Gasteiger partial charge in [0.25, 0.3) is 0 Å². The van der Waals surface area contributed by atoms with Crippen LogP contribution in [0.3, 0.4) is 0 Å². The second-order valence-electron chi connectivity index (χ2n) is 3.46. The summed E-state index contributed by atoms with van der Waals surface area (Å²) in [5.41, 5.74) is 5.58. The number of rotatable bonds is 4. The van der Waals surface area contributed by atoms with Crippen molar-refractivity contribution in [2.45, 2.75) is 11.4 Å². The lowest BCUT2D eigenvalue weighted by atomic mass is 10.3. The molecule has 11 heteroatoms. The molecular weight excluding hydrogens is 315 g/mol. The largest absolute Gasteiger partial charge is 0.398 e. The average molecular weight is 323 g/mol. The second kappa shape index (κ2) is 5.29. The number of nitrogen functional groups attached to an aromatic ring is 1. The fraction of sp³-hybridized carbons (Fsp3) is 0.125. The van der Waals surface area contributed by atoms with Crippen molar-refractivity contribution in [3.05, 3.63) is 28.0 Å². The summed E-state index contributed by atoms with van der Waals surface area (Å²) in [7, 11) is -3.90. The predicted octanol–water partition coefficient (Wildman–Crippen LogP) is 0.567. The lowest BCUT2D eigenvalue weighted by molar-refractivity contribution is 0.580. The average Bonchev–Trinajstić information content (AvgIpc) is 2.77. The van der Waals surface area contributed by atoms with Crippen LogP contribution in [0, 0.1) is 0 Å². The second-order valence-corrected chi connectivity index (χ2v) is 6.01. The molecule has 0 bridgehead atoms. The van der Waals surface area contributed by atoms with Gasteiger partial charge in [-0.05, 0) is 12.1 Å². The number of nitrogens with one attached hydrogen (secondary N) is 2. The predicted molar refractivity (Wildman–Crippen MR) is 69.1 cm³/mol. The Hall–Kier alpha value is -1.42. The molecule has 0 unspecified atom stereocenters. The highest BCUT2D eigenvalue weighted by molar-refractivity contribution is 7.89. The molecule has 19 heavy (non-hydrogen) atoms. The molecule has 0 spiro atoms. The molecule has 4 N–H and O–H groups in total. The zero-order chi connectivity index (χ0) is 14.0. The molecule has 2 rings (SSSR count). The van der Waals surface area contributed by atoms with E-state index in [-0.39, 0.29) is 33.0 Å². The molecule has 8 nitrogen and oxygen atoms in total. The Morgan fingerprint density at radius 3 is 2.68 bits per heavy atom. The Morgan fingerprint density at radius 2 is 2.11 bits per heavy atom. The highest BCUT2D eigenvalue weighted by Crippen LogP contribution is 2.30. The Kier molecular flexibility index (Phi) is 3.90. The fourth-order valence-electron chi connectivity index (χ4n) is 1.35. The van der Waals surface area contributed by atoms with Gasteiger partial charge in [0.1, 0.15) is 4.90 Å². The number of H-pyrrole nitrogens is 1. The van der Waals surface area contributed by atoms with Gasteiger partial charge in [-0.1, -0.05) is 28.4 Å². The van der Waals surface area contributed by atoms with E-state index < -0.39 is 10.0 Å². The van der Waals surface area contributed by atoms with Crippen molar-refractivity contribution in [3.8, 4) is 0 Å². The molecule has 1 heterocycles. The van der Waals surface area contributed by atoms with E-state index in [4.69, 9.17) is 28.9 Å². The first-order chi connectivity index (χ1) is 8.90. The molecule has 0 aliphatic carbocycles. The van der Waals surface area contributed by atoms with Gasteiger partial charge in [-0.3, -0.25) is 0 Å². The van der Waals surface area contributed by atoms with Crippen molar-refractivity contribution < 1.29 is 8.42 Å². The third-order valence-corrected chi connectivity index (χ3v) is 4.26. The van der Waals surface area contributed by atoms with E-state index in [0.29, 0.717) is 0 Å². The van der Waals surface area contributed by atoms with Crippen molar-refractivity contribution in [3.63, 3.8) is 0 Å². The smallest absolute Gasteiger partial charge is 0.244 e. The van der Waals surface area contributed by atoms with Gasteiger partial charge in [-0.2, -0.15) is 5.21 Å². The molecule has 1 aromatic carbocycles. The van der Waals surface area contributed by atoms with Gasteiger partial charge >= 0.3 is 0 Å². The first-order valence-electron chi connectivity index (χ1n) is 4.86. The highest BCUT2D eigenvalue weighted by Gasteiger charge is 2.22. The van der Waals surface area contributed by atoms with Gasteiger partial charge in [0, 0.05) is 5.02 Å². The SMILES string of the molecule is Nc1cc(Cl)cc(Cl)c1S(=O)(=O)NCc1nn[nH]n1. The Labute approximate surface area is 118 Å². The zero-order valence-electron chi connectivity index (χ0n) is 9.26. The summed E-state index contributed by atoms with van der Waals surface area (Å²) < 4.78 is 26.4. The van der Waals surface area contributed by atoms with Crippen molar-refractivity contribution in [1.82, 2.24) is 25.3 Å². The number of aromatic nitrogens is 4. The van der Waals surface area contributed by atoms with Gasteiger partial charge in [0.15, 0.2) is 5.82 Å². The molecule has 0 fully saturated rings. The summed E-state index contributed by atoms with van der Waals surface area (Å²) in [5, 5.41) is 12.9. The maximum absolute atomic E-state index is 12.1. The lowest BCUT2D eigenvalue weighted by Crippen LogP contribution is -2.25. The van der Waals surface area contributed by atoms with Crippen molar-refractivity contribution >= 4 is 38.9 Å². The molecule has 0 atom stereocenters. The van der Waals surface area contributed by atoms with E-state index in [1.807, 2.05) is 0 Å². The summed E-state index contributed by atoms with van der Waals surface area (Å²) in [5.74, 6) is 0.187. The quantitative estimate of drug-likeness (QED) is 0.706. The van der Waals surface area contributed by atoms with Gasteiger partial charge in [-0.25, -0.2) is 13.1 Å². The molecule has 0 saturated carbocycles. The van der Waals surface area contributed by atoms with Gasteiger partial charge in [-0.15, -0.1) is 10.2 Å². The third kappa shape index (κ3) is 3.13. The Balaban J connectivity index is 2.29. The minimum absolute atomic E-state index is 0.0434. The number of benzene rings is 1. The maximum Gasteiger partial charge on any atom is 0.244 e. The number of anilines is 1. The summed E-state index contributed by atoms with van der Waals surface area (Å²) in [6, 6.07) is 2.60. The van der Waals surface area contributed by atoms with Gasteiger partial charge in [0.05, 0.1) is 17.3 Å². The van der Waals surface area contributed by atoms with Crippen LogP contribution in [0.4, 0.5) is 5.69 Å². The summed E-state index contributed by atoms with van der Waals surface area (Å²) >= 11 is 11.6. The number of halogens is 2. The van der Waals surface area contributed by atoms with Crippen LogP contribution < -0.4 is 10.5 Å². The van der Waals surface area contributed by atoms with Gasteiger partial charge < -0.3 is 5.73 Å². The van der Waals surface area contributed by atoms with E-state index in [0.717, 1.165) is 0 Å². The molecule has 102 valence electrons. The monoisotopic (exact) mass is 322 g/mol. The maximum atomic E-state index is 12.1. The van der Waals surface area contributed by atoms with Crippen molar-refractivity contribution in [2.24, 2.45) is 0 Å². The van der Waals surface area contributed by atoms with E-state index in [1.54, 1.807) is 0 Å². The third-order valence-electron chi connectivity index (χ3n) is 2.12. The molecule has 0 amide bonds. The summed E-state index contributed by atoms with van der Waals surface area (Å²) in [6.07, 6.45) is 0.